The van der Waals surface area contributed by atoms with Crippen LogP contribution in [0.25, 0.3) is 0 Å². The molecule has 0 aromatic heterocycles. The van der Waals surface area contributed by atoms with Crippen molar-refractivity contribution >= 4 is 0 Å². The highest BCUT2D eigenvalue weighted by Gasteiger charge is 2.35. The third-order valence-electron chi connectivity index (χ3n) is 3.06. The van der Waals surface area contributed by atoms with Crippen LogP contribution in [-0.4, -0.2) is 6.04 Å². The van der Waals surface area contributed by atoms with Crippen molar-refractivity contribution in [2.24, 2.45) is 5.92 Å². The van der Waals surface area contributed by atoms with Crippen LogP contribution in [0.15, 0.2) is 24.3 Å². The van der Waals surface area contributed by atoms with E-state index < -0.39 is 0 Å². The predicted molar refractivity (Wildman–Crippen MR) is 60.0 cm³/mol. The van der Waals surface area contributed by atoms with Crippen LogP contribution in [0.3, 0.4) is 0 Å². The maximum absolute atomic E-state index is 12.6. The summed E-state index contributed by atoms with van der Waals surface area (Å²) in [5, 5.41) is 3.50. The van der Waals surface area contributed by atoms with E-state index in [4.69, 9.17) is 0 Å². The van der Waals surface area contributed by atoms with Crippen molar-refractivity contribution in [2.45, 2.75) is 38.8 Å². The van der Waals surface area contributed by atoms with Crippen LogP contribution in [0, 0.1) is 11.7 Å². The van der Waals surface area contributed by atoms with Gasteiger partial charge in [0.05, 0.1) is 0 Å². The molecule has 1 aliphatic rings. The van der Waals surface area contributed by atoms with Crippen molar-refractivity contribution in [3.05, 3.63) is 35.6 Å². The summed E-state index contributed by atoms with van der Waals surface area (Å²) in [7, 11) is 0. The minimum atomic E-state index is -0.158. The summed E-state index contributed by atoms with van der Waals surface area (Å²) in [6.07, 6.45) is 3.93. The second kappa shape index (κ2) is 4.75. The Morgan fingerprint density at radius 2 is 2.07 bits per heavy atom. The standard InChI is InChI=1S/C13H18FN/c1-2-3-11-8-13(11)15-9-10-4-6-12(14)7-5-10/h4-7,11,13,15H,2-3,8-9H2,1H3. The lowest BCUT2D eigenvalue weighted by atomic mass is 10.2. The molecule has 0 saturated heterocycles. The quantitative estimate of drug-likeness (QED) is 0.782. The molecule has 15 heavy (non-hydrogen) atoms. The molecule has 1 fully saturated rings. The number of rotatable bonds is 5. The lowest BCUT2D eigenvalue weighted by molar-refractivity contribution is 0.596. The molecule has 0 aliphatic heterocycles. The Labute approximate surface area is 90.7 Å². The van der Waals surface area contributed by atoms with E-state index in [1.807, 2.05) is 12.1 Å². The van der Waals surface area contributed by atoms with Crippen LogP contribution < -0.4 is 5.32 Å². The fourth-order valence-corrected chi connectivity index (χ4v) is 2.04. The van der Waals surface area contributed by atoms with Crippen LogP contribution >= 0.6 is 0 Å². The van der Waals surface area contributed by atoms with E-state index in [1.165, 1.54) is 37.0 Å². The van der Waals surface area contributed by atoms with Gasteiger partial charge in [0.1, 0.15) is 5.82 Å². The highest BCUT2D eigenvalue weighted by Crippen LogP contribution is 2.34. The summed E-state index contributed by atoms with van der Waals surface area (Å²) >= 11 is 0. The molecule has 1 N–H and O–H groups in total. The van der Waals surface area contributed by atoms with Crippen molar-refractivity contribution < 1.29 is 4.39 Å². The Balaban J connectivity index is 1.73. The first-order valence-corrected chi connectivity index (χ1v) is 5.77. The van der Waals surface area contributed by atoms with Gasteiger partial charge in [-0.3, -0.25) is 0 Å². The van der Waals surface area contributed by atoms with Crippen LogP contribution in [0.5, 0.6) is 0 Å². The molecule has 2 atom stereocenters. The summed E-state index contributed by atoms with van der Waals surface area (Å²) in [6, 6.07) is 7.44. The van der Waals surface area contributed by atoms with Crippen LogP contribution in [0.4, 0.5) is 4.39 Å². The summed E-state index contributed by atoms with van der Waals surface area (Å²) in [6.45, 7) is 3.10. The molecule has 1 aromatic carbocycles. The second-order valence-electron chi connectivity index (χ2n) is 4.40. The minimum Gasteiger partial charge on any atom is -0.310 e. The zero-order valence-corrected chi connectivity index (χ0v) is 9.17. The molecule has 0 radical (unpaired) electrons. The summed E-state index contributed by atoms with van der Waals surface area (Å²) in [5.74, 6) is 0.726. The van der Waals surface area contributed by atoms with E-state index in [-0.39, 0.29) is 5.82 Å². The SMILES string of the molecule is CCCC1CC1NCc1ccc(F)cc1. The average Bonchev–Trinajstić information content (AvgIpc) is 2.97. The molecule has 0 heterocycles. The van der Waals surface area contributed by atoms with E-state index in [1.54, 1.807) is 0 Å². The second-order valence-corrected chi connectivity index (χ2v) is 4.40. The van der Waals surface area contributed by atoms with Gasteiger partial charge in [-0.1, -0.05) is 25.5 Å². The lowest BCUT2D eigenvalue weighted by Gasteiger charge is -2.03. The smallest absolute Gasteiger partial charge is 0.123 e. The number of hydrogen-bond acceptors (Lipinski definition) is 1. The number of benzene rings is 1. The molecule has 1 saturated carbocycles. The van der Waals surface area contributed by atoms with Gasteiger partial charge in [0, 0.05) is 12.6 Å². The van der Waals surface area contributed by atoms with Crippen molar-refractivity contribution in [3.63, 3.8) is 0 Å². The topological polar surface area (TPSA) is 12.0 Å². The van der Waals surface area contributed by atoms with Gasteiger partial charge in [-0.2, -0.15) is 0 Å². The van der Waals surface area contributed by atoms with Gasteiger partial charge < -0.3 is 5.32 Å². The third kappa shape index (κ3) is 3.03. The Kier molecular flexibility index (Phi) is 3.37. The zero-order valence-electron chi connectivity index (χ0n) is 9.17. The van der Waals surface area contributed by atoms with Crippen LogP contribution in [-0.2, 0) is 6.54 Å². The molecule has 2 rings (SSSR count). The Bertz CT molecular complexity index is 307. The van der Waals surface area contributed by atoms with Gasteiger partial charge in [0.25, 0.3) is 0 Å². The van der Waals surface area contributed by atoms with E-state index >= 15 is 0 Å². The Morgan fingerprint density at radius 1 is 1.33 bits per heavy atom. The molecule has 2 heteroatoms. The van der Waals surface area contributed by atoms with Gasteiger partial charge in [0.2, 0.25) is 0 Å². The molecule has 2 unspecified atom stereocenters. The molecule has 0 spiro atoms. The summed E-state index contributed by atoms with van der Waals surface area (Å²) < 4.78 is 12.6. The van der Waals surface area contributed by atoms with Gasteiger partial charge in [0.15, 0.2) is 0 Å². The molecule has 1 aliphatic carbocycles. The van der Waals surface area contributed by atoms with E-state index in [9.17, 15) is 4.39 Å². The number of hydrogen-bond donors (Lipinski definition) is 1. The van der Waals surface area contributed by atoms with E-state index in [0.717, 1.165) is 12.5 Å². The maximum atomic E-state index is 12.6. The minimum absolute atomic E-state index is 0.158. The summed E-state index contributed by atoms with van der Waals surface area (Å²) in [4.78, 5) is 0. The van der Waals surface area contributed by atoms with Crippen molar-refractivity contribution in [1.29, 1.82) is 0 Å². The Morgan fingerprint density at radius 3 is 2.73 bits per heavy atom. The molecule has 1 aromatic rings. The first-order chi connectivity index (χ1) is 7.29. The van der Waals surface area contributed by atoms with Crippen molar-refractivity contribution in [3.8, 4) is 0 Å². The Hall–Kier alpha value is -0.890. The molecule has 0 bridgehead atoms. The molecule has 0 amide bonds. The van der Waals surface area contributed by atoms with Gasteiger partial charge in [-0.15, -0.1) is 0 Å². The molecule has 1 nitrogen and oxygen atoms in total. The van der Waals surface area contributed by atoms with Gasteiger partial charge >= 0.3 is 0 Å². The average molecular weight is 207 g/mol. The normalized spacial score (nSPS) is 24.1. The largest absolute Gasteiger partial charge is 0.310 e. The first-order valence-electron chi connectivity index (χ1n) is 5.77. The number of halogens is 1. The van der Waals surface area contributed by atoms with Crippen molar-refractivity contribution in [1.82, 2.24) is 5.32 Å². The van der Waals surface area contributed by atoms with Crippen LogP contribution in [0.2, 0.25) is 0 Å². The summed E-state index contributed by atoms with van der Waals surface area (Å²) in [5.41, 5.74) is 1.17. The van der Waals surface area contributed by atoms with Crippen LogP contribution in [0.1, 0.15) is 31.7 Å². The third-order valence-corrected chi connectivity index (χ3v) is 3.06. The zero-order chi connectivity index (χ0) is 10.7. The van der Waals surface area contributed by atoms with E-state index in [0.29, 0.717) is 6.04 Å². The first kappa shape index (κ1) is 10.6. The van der Waals surface area contributed by atoms with Gasteiger partial charge in [-0.25, -0.2) is 4.39 Å². The fraction of sp³-hybridized carbons (Fsp3) is 0.538. The monoisotopic (exact) mass is 207 g/mol. The van der Waals surface area contributed by atoms with Gasteiger partial charge in [-0.05, 0) is 36.5 Å². The molecular formula is C13H18FN. The fourth-order valence-electron chi connectivity index (χ4n) is 2.04. The van der Waals surface area contributed by atoms with Crippen molar-refractivity contribution in [2.75, 3.05) is 0 Å². The lowest BCUT2D eigenvalue weighted by Crippen LogP contribution is -2.17. The number of nitrogens with one attached hydrogen (secondary N) is 1. The maximum Gasteiger partial charge on any atom is 0.123 e. The molecule has 82 valence electrons. The molecular weight excluding hydrogens is 189 g/mol. The highest BCUT2D eigenvalue weighted by atomic mass is 19.1. The van der Waals surface area contributed by atoms with E-state index in [2.05, 4.69) is 12.2 Å². The predicted octanol–water partition coefficient (Wildman–Crippen LogP) is 3.10. The highest BCUT2D eigenvalue weighted by molar-refractivity contribution is 5.16.